The number of rotatable bonds is 6. The molecule has 6 nitrogen and oxygen atoms in total. The molecule has 0 saturated carbocycles. The zero-order valence-electron chi connectivity index (χ0n) is 14.6. The highest BCUT2D eigenvalue weighted by molar-refractivity contribution is 7.07. The van der Waals surface area contributed by atoms with Crippen molar-refractivity contribution in [3.8, 4) is 11.5 Å². The van der Waals surface area contributed by atoms with Gasteiger partial charge >= 0.3 is 0 Å². The summed E-state index contributed by atoms with van der Waals surface area (Å²) < 4.78 is 16.7. The Kier molecular flexibility index (Phi) is 5.83. The summed E-state index contributed by atoms with van der Waals surface area (Å²) >= 11 is 7.40. The van der Waals surface area contributed by atoms with E-state index in [1.54, 1.807) is 30.3 Å². The Hall–Kier alpha value is -2.77. The number of thiazole rings is 1. The minimum atomic E-state index is -0.324. The van der Waals surface area contributed by atoms with Gasteiger partial charge in [-0.25, -0.2) is 0 Å². The standard InChI is InChI=1S/C19H16ClNO5S/c1-3-25-15-8-11(7-12(20)18(15)24-2)9-16-19(23)21-17(27-16)10-13(22)14-5-4-6-26-14/h4-10H,3H2,1-2H3,(H,21,23)/b16-9+,17-10-. The molecule has 1 aromatic carbocycles. The average molecular weight is 406 g/mol. The molecule has 0 unspecified atom stereocenters. The number of ketones is 1. The molecule has 0 bridgehead atoms. The third-order valence-electron chi connectivity index (χ3n) is 3.54. The Balaban J connectivity index is 2.02. The number of hydrogen-bond donors (Lipinski definition) is 1. The van der Waals surface area contributed by atoms with E-state index in [9.17, 15) is 9.59 Å². The summed E-state index contributed by atoms with van der Waals surface area (Å²) in [5.74, 6) is 0.814. The zero-order valence-corrected chi connectivity index (χ0v) is 16.1. The van der Waals surface area contributed by atoms with Gasteiger partial charge in [-0.2, -0.15) is 0 Å². The van der Waals surface area contributed by atoms with E-state index in [1.807, 2.05) is 6.92 Å². The van der Waals surface area contributed by atoms with E-state index in [0.29, 0.717) is 37.9 Å². The van der Waals surface area contributed by atoms with Crippen molar-refractivity contribution in [3.05, 3.63) is 66.4 Å². The number of benzene rings is 1. The first-order chi connectivity index (χ1) is 13.0. The molecule has 0 atom stereocenters. The molecule has 0 amide bonds. The van der Waals surface area contributed by atoms with Gasteiger partial charge in [0.2, 0.25) is 5.78 Å². The molecular formula is C19H16ClNO5S. The number of aromatic amines is 1. The van der Waals surface area contributed by atoms with Crippen molar-refractivity contribution in [1.29, 1.82) is 0 Å². The normalized spacial score (nSPS) is 12.4. The second-order valence-corrected chi connectivity index (χ2v) is 6.87. The molecule has 3 aromatic rings. The van der Waals surface area contributed by atoms with Crippen LogP contribution in [0.3, 0.4) is 0 Å². The summed E-state index contributed by atoms with van der Waals surface area (Å²) in [6.45, 7) is 2.30. The van der Waals surface area contributed by atoms with Crippen molar-refractivity contribution in [2.75, 3.05) is 13.7 Å². The highest BCUT2D eigenvalue weighted by Crippen LogP contribution is 2.36. The van der Waals surface area contributed by atoms with Gasteiger partial charge < -0.3 is 18.9 Å². The van der Waals surface area contributed by atoms with Crippen LogP contribution >= 0.6 is 22.9 Å². The maximum atomic E-state index is 12.2. The Morgan fingerprint density at radius 2 is 2.22 bits per heavy atom. The molecular weight excluding hydrogens is 390 g/mol. The molecule has 0 aliphatic heterocycles. The minimum Gasteiger partial charge on any atom is -0.491 e. The van der Waals surface area contributed by atoms with Crippen molar-refractivity contribution in [3.63, 3.8) is 0 Å². The lowest BCUT2D eigenvalue weighted by Crippen LogP contribution is -2.20. The lowest BCUT2D eigenvalue weighted by Gasteiger charge is -2.11. The molecule has 0 spiro atoms. The van der Waals surface area contributed by atoms with Crippen LogP contribution in [0.1, 0.15) is 23.0 Å². The summed E-state index contributed by atoms with van der Waals surface area (Å²) in [6, 6.07) is 6.61. The lowest BCUT2D eigenvalue weighted by molar-refractivity contribution is 0.103. The number of ether oxygens (including phenoxy) is 2. The molecule has 27 heavy (non-hydrogen) atoms. The van der Waals surface area contributed by atoms with E-state index < -0.39 is 0 Å². The molecule has 0 aliphatic rings. The summed E-state index contributed by atoms with van der Waals surface area (Å²) in [6.07, 6.45) is 4.42. The Bertz CT molecular complexity index is 1130. The molecule has 0 aliphatic carbocycles. The molecule has 0 saturated heterocycles. The fourth-order valence-electron chi connectivity index (χ4n) is 2.42. The number of hydrogen-bond acceptors (Lipinski definition) is 6. The molecule has 0 radical (unpaired) electrons. The van der Waals surface area contributed by atoms with Gasteiger partial charge in [-0.15, -0.1) is 11.3 Å². The van der Waals surface area contributed by atoms with Gasteiger partial charge in [0.25, 0.3) is 5.56 Å². The topological polar surface area (TPSA) is 81.5 Å². The van der Waals surface area contributed by atoms with Crippen molar-refractivity contribution < 1.29 is 18.7 Å². The molecule has 2 aromatic heterocycles. The fraction of sp³-hybridized carbons (Fsp3) is 0.158. The van der Waals surface area contributed by atoms with Crippen LogP contribution in [0.25, 0.3) is 12.2 Å². The number of halogens is 1. The van der Waals surface area contributed by atoms with Crippen LogP contribution in [0.5, 0.6) is 11.5 Å². The minimum absolute atomic E-state index is 0.207. The van der Waals surface area contributed by atoms with Crippen LogP contribution < -0.4 is 24.2 Å². The SMILES string of the molecule is CCOc1cc(/C=c2/s/c(=C\C(=O)c3ccco3)[nH]c2=O)cc(Cl)c1OC. The maximum Gasteiger partial charge on any atom is 0.266 e. The number of H-pyrrole nitrogens is 1. The van der Waals surface area contributed by atoms with E-state index in [0.717, 1.165) is 11.3 Å². The van der Waals surface area contributed by atoms with E-state index in [2.05, 4.69) is 4.98 Å². The van der Waals surface area contributed by atoms with Gasteiger partial charge in [-0.1, -0.05) is 11.6 Å². The monoisotopic (exact) mass is 405 g/mol. The Morgan fingerprint density at radius 1 is 1.41 bits per heavy atom. The van der Waals surface area contributed by atoms with Crippen LogP contribution in [0.2, 0.25) is 5.02 Å². The van der Waals surface area contributed by atoms with Crippen LogP contribution in [-0.2, 0) is 0 Å². The van der Waals surface area contributed by atoms with E-state index in [4.69, 9.17) is 25.5 Å². The predicted octanol–water partition coefficient (Wildman–Crippen LogP) is 2.58. The third kappa shape index (κ3) is 4.32. The molecule has 0 fully saturated rings. The van der Waals surface area contributed by atoms with E-state index in [1.165, 1.54) is 19.4 Å². The molecule has 8 heteroatoms. The van der Waals surface area contributed by atoms with Crippen LogP contribution in [-0.4, -0.2) is 24.5 Å². The summed E-state index contributed by atoms with van der Waals surface area (Å²) in [5.41, 5.74) is 0.379. The number of carbonyl (C=O) groups is 1. The second-order valence-electron chi connectivity index (χ2n) is 5.38. The van der Waals surface area contributed by atoms with Crippen molar-refractivity contribution in [1.82, 2.24) is 4.98 Å². The maximum absolute atomic E-state index is 12.2. The second kappa shape index (κ2) is 8.28. The Labute approximate surface area is 163 Å². The van der Waals surface area contributed by atoms with Gasteiger partial charge in [0.15, 0.2) is 17.3 Å². The number of carbonyl (C=O) groups excluding carboxylic acids is 1. The van der Waals surface area contributed by atoms with Gasteiger partial charge in [-0.05, 0) is 42.8 Å². The first-order valence-electron chi connectivity index (χ1n) is 8.02. The molecule has 3 rings (SSSR count). The highest BCUT2D eigenvalue weighted by atomic mass is 35.5. The quantitative estimate of drug-likeness (QED) is 0.637. The molecule has 2 heterocycles. The van der Waals surface area contributed by atoms with Gasteiger partial charge in [-0.3, -0.25) is 9.59 Å². The smallest absolute Gasteiger partial charge is 0.266 e. The number of furan rings is 1. The van der Waals surface area contributed by atoms with Crippen LogP contribution in [0.4, 0.5) is 0 Å². The lowest BCUT2D eigenvalue weighted by atomic mass is 10.2. The van der Waals surface area contributed by atoms with Crippen molar-refractivity contribution in [2.24, 2.45) is 0 Å². The third-order valence-corrected chi connectivity index (χ3v) is 4.78. The first kappa shape index (κ1) is 19.0. The van der Waals surface area contributed by atoms with Crippen LogP contribution in [0.15, 0.2) is 39.7 Å². The van der Waals surface area contributed by atoms with Gasteiger partial charge in [0.05, 0.1) is 34.2 Å². The molecule has 1 N–H and O–H groups in total. The van der Waals surface area contributed by atoms with Gasteiger partial charge in [0, 0.05) is 6.08 Å². The predicted molar refractivity (Wildman–Crippen MR) is 104 cm³/mol. The number of aromatic nitrogens is 1. The van der Waals surface area contributed by atoms with E-state index >= 15 is 0 Å². The number of Topliss-reactive ketones (excluding diaryl/α,β-unsaturated/α-hetero) is 1. The van der Waals surface area contributed by atoms with E-state index in [-0.39, 0.29) is 17.1 Å². The molecule has 140 valence electrons. The van der Waals surface area contributed by atoms with Gasteiger partial charge in [0.1, 0.15) is 0 Å². The number of nitrogens with one attached hydrogen (secondary N) is 1. The fourth-order valence-corrected chi connectivity index (χ4v) is 3.60. The number of methoxy groups -OCH3 is 1. The van der Waals surface area contributed by atoms with Crippen molar-refractivity contribution >= 4 is 40.9 Å². The summed E-state index contributed by atoms with van der Waals surface area (Å²) in [5, 5.41) is 0.377. The average Bonchev–Trinajstić information content (AvgIpc) is 3.26. The highest BCUT2D eigenvalue weighted by Gasteiger charge is 2.11. The van der Waals surface area contributed by atoms with Crippen LogP contribution in [0, 0.1) is 0 Å². The largest absolute Gasteiger partial charge is 0.491 e. The zero-order chi connectivity index (χ0) is 19.4. The van der Waals surface area contributed by atoms with Crippen molar-refractivity contribution in [2.45, 2.75) is 6.92 Å². The summed E-state index contributed by atoms with van der Waals surface area (Å²) in [7, 11) is 1.51. The Morgan fingerprint density at radius 3 is 2.89 bits per heavy atom. The summed E-state index contributed by atoms with van der Waals surface area (Å²) in [4.78, 5) is 26.9. The first-order valence-corrected chi connectivity index (χ1v) is 9.22.